The number of hydrogen-bond acceptors (Lipinski definition) is 4. The van der Waals surface area contributed by atoms with Crippen LogP contribution in [0.15, 0.2) is 53.4 Å². The Bertz CT molecular complexity index is 920. The van der Waals surface area contributed by atoms with Crippen LogP contribution in [0.25, 0.3) is 0 Å². The highest BCUT2D eigenvalue weighted by Gasteiger charge is 2.28. The summed E-state index contributed by atoms with van der Waals surface area (Å²) in [7, 11) is -3.66. The van der Waals surface area contributed by atoms with Crippen molar-refractivity contribution in [2.24, 2.45) is 5.73 Å². The van der Waals surface area contributed by atoms with E-state index in [1.807, 2.05) is 30.3 Å². The molecule has 152 valence electrons. The van der Waals surface area contributed by atoms with Crippen LogP contribution in [0.3, 0.4) is 0 Å². The molecule has 0 fully saturated rings. The number of benzene rings is 2. The molecule has 8 heteroatoms. The predicted octanol–water partition coefficient (Wildman–Crippen LogP) is 2.56. The van der Waals surface area contributed by atoms with Gasteiger partial charge in [0.05, 0.1) is 4.90 Å². The van der Waals surface area contributed by atoms with Crippen molar-refractivity contribution < 1.29 is 13.2 Å². The first-order valence-electron chi connectivity index (χ1n) is 9.08. The minimum absolute atomic E-state index is 0. The zero-order valence-electron chi connectivity index (χ0n) is 15.9. The lowest BCUT2D eigenvalue weighted by molar-refractivity contribution is -0.116. The number of sulfonamides is 1. The Labute approximate surface area is 172 Å². The number of rotatable bonds is 7. The highest BCUT2D eigenvalue weighted by Crippen LogP contribution is 2.31. The van der Waals surface area contributed by atoms with E-state index in [1.54, 1.807) is 23.1 Å². The average molecular weight is 424 g/mol. The Morgan fingerprint density at radius 1 is 1.18 bits per heavy atom. The number of amides is 1. The fourth-order valence-electron chi connectivity index (χ4n) is 3.35. The smallest absolute Gasteiger partial charge is 0.243 e. The molecule has 2 N–H and O–H groups in total. The van der Waals surface area contributed by atoms with E-state index in [9.17, 15) is 13.2 Å². The van der Waals surface area contributed by atoms with Gasteiger partial charge in [-0.25, -0.2) is 8.42 Å². The summed E-state index contributed by atoms with van der Waals surface area (Å²) in [6.45, 7) is 3.21. The third kappa shape index (κ3) is 4.72. The van der Waals surface area contributed by atoms with E-state index in [1.165, 1.54) is 11.2 Å². The number of nitrogens with zero attached hydrogens (tertiary/aromatic N) is 2. The van der Waals surface area contributed by atoms with Gasteiger partial charge in [0.15, 0.2) is 0 Å². The lowest BCUT2D eigenvalue weighted by Crippen LogP contribution is -2.32. The summed E-state index contributed by atoms with van der Waals surface area (Å²) in [6, 6.07) is 14.6. The summed E-state index contributed by atoms with van der Waals surface area (Å²) in [5, 5.41) is 0. The van der Waals surface area contributed by atoms with Gasteiger partial charge in [0.25, 0.3) is 0 Å². The number of hydrogen-bond donors (Lipinski definition) is 1. The average Bonchev–Trinajstić information content (AvgIpc) is 3.09. The molecule has 0 aromatic heterocycles. The maximum absolute atomic E-state index is 13.3. The molecule has 2 aromatic rings. The van der Waals surface area contributed by atoms with E-state index in [4.69, 9.17) is 5.73 Å². The molecule has 0 aliphatic carbocycles. The predicted molar refractivity (Wildman–Crippen MR) is 113 cm³/mol. The molecule has 28 heavy (non-hydrogen) atoms. The van der Waals surface area contributed by atoms with Crippen molar-refractivity contribution >= 4 is 34.0 Å². The Kier molecular flexibility index (Phi) is 7.60. The van der Waals surface area contributed by atoms with Crippen molar-refractivity contribution in [3.63, 3.8) is 0 Å². The van der Waals surface area contributed by atoms with Crippen molar-refractivity contribution in [1.29, 1.82) is 0 Å². The molecule has 6 nitrogen and oxygen atoms in total. The maximum atomic E-state index is 13.3. The van der Waals surface area contributed by atoms with Crippen LogP contribution in [-0.4, -0.2) is 38.3 Å². The van der Waals surface area contributed by atoms with Crippen LogP contribution in [0.1, 0.15) is 24.5 Å². The van der Waals surface area contributed by atoms with E-state index in [-0.39, 0.29) is 23.2 Å². The first-order valence-corrected chi connectivity index (χ1v) is 10.5. The normalized spacial score (nSPS) is 13.3. The van der Waals surface area contributed by atoms with Gasteiger partial charge >= 0.3 is 0 Å². The molecule has 1 amide bonds. The van der Waals surface area contributed by atoms with Gasteiger partial charge in [-0.05, 0) is 48.7 Å². The van der Waals surface area contributed by atoms with Gasteiger partial charge < -0.3 is 10.6 Å². The second kappa shape index (κ2) is 9.52. The summed E-state index contributed by atoms with van der Waals surface area (Å²) < 4.78 is 28.0. The third-order valence-electron chi connectivity index (χ3n) is 4.78. The van der Waals surface area contributed by atoms with E-state index < -0.39 is 10.0 Å². The molecular formula is C20H26ClN3O3S. The van der Waals surface area contributed by atoms with Gasteiger partial charge in [0.1, 0.15) is 0 Å². The Morgan fingerprint density at radius 2 is 1.89 bits per heavy atom. The van der Waals surface area contributed by atoms with Crippen LogP contribution in [-0.2, 0) is 27.8 Å². The standard InChI is InChI=1S/C20H25N3O3S.ClH/c1-16(24)23-13-10-18-14-19(8-9-20(18)23)27(25,26)22(12-5-11-21)15-17-6-3-2-4-7-17;/h2-4,6-9,14H,5,10-13,15,21H2,1H3;1H. The lowest BCUT2D eigenvalue weighted by atomic mass is 10.2. The second-order valence-corrected chi connectivity index (χ2v) is 8.62. The quantitative estimate of drug-likeness (QED) is 0.741. The Morgan fingerprint density at radius 3 is 2.54 bits per heavy atom. The van der Waals surface area contributed by atoms with Crippen LogP contribution < -0.4 is 10.6 Å². The molecule has 1 aliphatic rings. The van der Waals surface area contributed by atoms with Gasteiger partial charge in [0.2, 0.25) is 15.9 Å². The van der Waals surface area contributed by atoms with Crippen LogP contribution in [0.4, 0.5) is 5.69 Å². The minimum Gasteiger partial charge on any atom is -0.330 e. The Hall–Kier alpha value is -1.93. The zero-order valence-corrected chi connectivity index (χ0v) is 17.5. The summed E-state index contributed by atoms with van der Waals surface area (Å²) >= 11 is 0. The number of carbonyl (C=O) groups excluding carboxylic acids is 1. The van der Waals surface area contributed by atoms with Crippen LogP contribution in [0.5, 0.6) is 0 Å². The first kappa shape index (κ1) is 22.4. The van der Waals surface area contributed by atoms with E-state index in [2.05, 4.69) is 0 Å². The minimum atomic E-state index is -3.66. The molecule has 0 atom stereocenters. The summed E-state index contributed by atoms with van der Waals surface area (Å²) in [5.74, 6) is -0.0296. The summed E-state index contributed by atoms with van der Waals surface area (Å²) in [5.41, 5.74) is 8.24. The van der Waals surface area contributed by atoms with Gasteiger partial charge in [-0.15, -0.1) is 12.4 Å². The summed E-state index contributed by atoms with van der Waals surface area (Å²) in [4.78, 5) is 13.7. The van der Waals surface area contributed by atoms with Gasteiger partial charge in [-0.1, -0.05) is 30.3 Å². The second-order valence-electron chi connectivity index (χ2n) is 6.68. The number of nitrogens with two attached hydrogens (primary N) is 1. The van der Waals surface area contributed by atoms with Gasteiger partial charge in [0, 0.05) is 32.2 Å². The summed E-state index contributed by atoms with van der Waals surface area (Å²) in [6.07, 6.45) is 1.26. The monoisotopic (exact) mass is 423 g/mol. The van der Waals surface area contributed by atoms with Crippen molar-refractivity contribution in [2.45, 2.75) is 31.2 Å². The maximum Gasteiger partial charge on any atom is 0.243 e. The van der Waals surface area contributed by atoms with Crippen LogP contribution in [0, 0.1) is 0 Å². The molecule has 0 saturated carbocycles. The van der Waals surface area contributed by atoms with Crippen molar-refractivity contribution in [3.05, 3.63) is 59.7 Å². The largest absolute Gasteiger partial charge is 0.330 e. The highest BCUT2D eigenvalue weighted by molar-refractivity contribution is 7.89. The van der Waals surface area contributed by atoms with Gasteiger partial charge in [-0.3, -0.25) is 4.79 Å². The van der Waals surface area contributed by atoms with Crippen LogP contribution in [0.2, 0.25) is 0 Å². The molecule has 2 aromatic carbocycles. The Balaban J connectivity index is 0.00000280. The molecule has 0 spiro atoms. The topological polar surface area (TPSA) is 83.7 Å². The molecule has 1 heterocycles. The fourth-order valence-corrected chi connectivity index (χ4v) is 4.87. The van der Waals surface area contributed by atoms with Gasteiger partial charge in [-0.2, -0.15) is 4.31 Å². The van der Waals surface area contributed by atoms with Crippen molar-refractivity contribution in [3.8, 4) is 0 Å². The zero-order chi connectivity index (χ0) is 19.4. The number of anilines is 1. The molecule has 3 rings (SSSR count). The molecular weight excluding hydrogens is 398 g/mol. The van der Waals surface area contributed by atoms with Crippen LogP contribution >= 0.6 is 12.4 Å². The molecule has 0 radical (unpaired) electrons. The number of fused-ring (bicyclic) bond motifs is 1. The van der Waals surface area contributed by atoms with Crippen molar-refractivity contribution in [1.82, 2.24) is 4.31 Å². The molecule has 0 unspecified atom stereocenters. The van der Waals surface area contributed by atoms with E-state index >= 15 is 0 Å². The third-order valence-corrected chi connectivity index (χ3v) is 6.62. The fraction of sp³-hybridized carbons (Fsp3) is 0.350. The molecule has 1 aliphatic heterocycles. The van der Waals surface area contributed by atoms with E-state index in [0.717, 1.165) is 16.8 Å². The molecule has 0 bridgehead atoms. The molecule has 0 saturated heterocycles. The SMILES string of the molecule is CC(=O)N1CCc2cc(S(=O)(=O)N(CCCN)Cc3ccccc3)ccc21.Cl. The number of carbonyl (C=O) groups is 1. The highest BCUT2D eigenvalue weighted by atomic mass is 35.5. The van der Waals surface area contributed by atoms with E-state index in [0.29, 0.717) is 39.0 Å². The van der Waals surface area contributed by atoms with Crippen molar-refractivity contribution in [2.75, 3.05) is 24.5 Å². The lowest BCUT2D eigenvalue weighted by Gasteiger charge is -2.23. The first-order chi connectivity index (χ1) is 12.9. The number of halogens is 1.